The van der Waals surface area contributed by atoms with E-state index in [-0.39, 0.29) is 32.6 Å². The van der Waals surface area contributed by atoms with Crippen molar-refractivity contribution in [3.8, 4) is 11.5 Å². The molecule has 0 aromatic heterocycles. The molecular formula is C57H55IOS3+2. The van der Waals surface area contributed by atoms with Gasteiger partial charge in [0.1, 0.15) is 11.5 Å². The molecule has 0 aliphatic carbocycles. The van der Waals surface area contributed by atoms with Crippen molar-refractivity contribution in [3.63, 3.8) is 0 Å². The van der Waals surface area contributed by atoms with E-state index in [1.54, 1.807) is 0 Å². The van der Waals surface area contributed by atoms with E-state index >= 15 is 0 Å². The molecule has 0 aliphatic heterocycles. The maximum absolute atomic E-state index is 5.98. The second kappa shape index (κ2) is 20.7. The van der Waals surface area contributed by atoms with Gasteiger partial charge >= 0.3 is 0 Å². The topological polar surface area (TPSA) is 9.23 Å². The van der Waals surface area contributed by atoms with Crippen LogP contribution in [0.15, 0.2) is 245 Å². The van der Waals surface area contributed by atoms with E-state index in [1.165, 1.54) is 59.4 Å². The number of halogens is 1. The van der Waals surface area contributed by atoms with Gasteiger partial charge < -0.3 is 4.74 Å². The Morgan fingerprint density at radius 3 is 1.08 bits per heavy atom. The molecule has 1 nitrogen and oxygen atoms in total. The molecule has 8 aromatic rings. The van der Waals surface area contributed by atoms with Crippen LogP contribution in [-0.4, -0.2) is 0 Å². The van der Waals surface area contributed by atoms with Crippen molar-refractivity contribution in [2.75, 3.05) is 0 Å². The first-order valence-corrected chi connectivity index (χ1v) is 25.3. The summed E-state index contributed by atoms with van der Waals surface area (Å²) in [5, 5.41) is 0. The van der Waals surface area contributed by atoms with E-state index in [2.05, 4.69) is 253 Å². The number of aryl methyl sites for hydroxylation is 1. The van der Waals surface area contributed by atoms with E-state index in [9.17, 15) is 0 Å². The molecule has 0 amide bonds. The van der Waals surface area contributed by atoms with Gasteiger partial charge in [0, 0.05) is 13.4 Å². The Morgan fingerprint density at radius 2 is 0.677 bits per heavy atom. The fourth-order valence-corrected chi connectivity index (χ4v) is 12.1. The highest BCUT2D eigenvalue weighted by Gasteiger charge is 2.30. The lowest BCUT2D eigenvalue weighted by atomic mass is 9.87. The molecule has 0 bridgehead atoms. The van der Waals surface area contributed by atoms with Crippen LogP contribution in [0.2, 0.25) is 0 Å². The van der Waals surface area contributed by atoms with Crippen LogP contribution in [0.4, 0.5) is 0 Å². The minimum Gasteiger partial charge on any atom is -0.457 e. The summed E-state index contributed by atoms with van der Waals surface area (Å²) in [6, 6.07) is 74.3. The molecule has 0 radical (unpaired) electrons. The third-order valence-electron chi connectivity index (χ3n) is 10.3. The predicted octanol–water partition coefficient (Wildman–Crippen LogP) is 17.0. The highest BCUT2D eigenvalue weighted by molar-refractivity contribution is 14.1. The summed E-state index contributed by atoms with van der Waals surface area (Å²) in [5.74, 6) is 1.71. The Bertz CT molecular complexity index is 2560. The van der Waals surface area contributed by atoms with Crippen molar-refractivity contribution in [2.45, 2.75) is 98.5 Å². The van der Waals surface area contributed by atoms with Crippen LogP contribution in [0, 0.1) is 10.5 Å². The lowest BCUT2D eigenvalue weighted by Crippen LogP contribution is -2.11. The van der Waals surface area contributed by atoms with Crippen molar-refractivity contribution >= 4 is 56.1 Å². The molecular weight excluding hydrogens is 924 g/mol. The van der Waals surface area contributed by atoms with Crippen molar-refractivity contribution in [1.82, 2.24) is 0 Å². The normalized spacial score (nSPS) is 12.0. The van der Waals surface area contributed by atoms with Crippen molar-refractivity contribution in [1.29, 1.82) is 0 Å². The molecule has 8 rings (SSSR count). The van der Waals surface area contributed by atoms with Gasteiger partial charge in [0.2, 0.25) is 0 Å². The molecule has 62 heavy (non-hydrogen) atoms. The Balaban J connectivity index is 0.000000192. The van der Waals surface area contributed by atoms with Crippen molar-refractivity contribution in [3.05, 3.63) is 227 Å². The van der Waals surface area contributed by atoms with Crippen LogP contribution in [-0.2, 0) is 32.6 Å². The van der Waals surface area contributed by atoms with Gasteiger partial charge in [0.05, 0.1) is 21.8 Å². The largest absolute Gasteiger partial charge is 0.457 e. The van der Waals surface area contributed by atoms with Gasteiger partial charge in [-0.15, -0.1) is 0 Å². The quantitative estimate of drug-likeness (QED) is 0.0998. The summed E-state index contributed by atoms with van der Waals surface area (Å²) >= 11 is 4.12. The Kier molecular flexibility index (Phi) is 15.1. The molecule has 1 atom stereocenters. The zero-order valence-electron chi connectivity index (χ0n) is 36.6. The summed E-state index contributed by atoms with van der Waals surface area (Å²) in [6.45, 7) is 15.7. The fraction of sp³-hybridized carbons (Fsp3) is 0.158. The second-order valence-corrected chi connectivity index (χ2v) is 23.6. The molecule has 0 aliphatic rings. The van der Waals surface area contributed by atoms with Crippen LogP contribution in [0.3, 0.4) is 0 Å². The molecule has 0 saturated heterocycles. The van der Waals surface area contributed by atoms with E-state index in [0.29, 0.717) is 0 Å². The smallest absolute Gasteiger partial charge is 0.166 e. The maximum Gasteiger partial charge on any atom is 0.166 e. The average Bonchev–Trinajstić information content (AvgIpc) is 3.27. The van der Waals surface area contributed by atoms with Crippen LogP contribution in [0.5, 0.6) is 11.5 Å². The number of ether oxygens (including phenoxy) is 1. The van der Waals surface area contributed by atoms with E-state index in [0.717, 1.165) is 11.5 Å². The molecule has 5 heteroatoms. The van der Waals surface area contributed by atoms with E-state index < -0.39 is 0 Å². The lowest BCUT2D eigenvalue weighted by Gasteiger charge is -2.19. The first kappa shape index (κ1) is 45.4. The van der Waals surface area contributed by atoms with Gasteiger partial charge in [0.25, 0.3) is 0 Å². The standard InChI is InChI=1S/C33H37S2.C24H18IOS/c1-24-8-18-29(19-9-24)35(30-20-12-26(13-21-30)33(5,6)7)31-22-16-28(17-23-31)34-27-14-10-25(11-15-27)32(2,3)4;25-19-11-13-20(14-12-19)26-21-15-17-24(18-16-21)27(22-7-3-1-4-8-22)23-9-5-2-6-10-23/h8-23H,1-7H3;1-18H/q2*+1. The molecule has 1 unspecified atom stereocenters. The van der Waals surface area contributed by atoms with Gasteiger partial charge in [-0.2, -0.15) is 0 Å². The predicted molar refractivity (Wildman–Crippen MR) is 275 cm³/mol. The van der Waals surface area contributed by atoms with Gasteiger partial charge in [-0.1, -0.05) is 132 Å². The summed E-state index contributed by atoms with van der Waals surface area (Å²) in [4.78, 5) is 10.5. The number of hydrogen-bond donors (Lipinski definition) is 0. The first-order chi connectivity index (χ1) is 29.8. The van der Waals surface area contributed by atoms with Crippen molar-refractivity contribution in [2.24, 2.45) is 0 Å². The van der Waals surface area contributed by atoms with E-state index in [4.69, 9.17) is 4.74 Å². The highest BCUT2D eigenvalue weighted by atomic mass is 127. The second-order valence-electron chi connectivity index (χ2n) is 17.2. The molecule has 0 heterocycles. The average molecular weight is 979 g/mol. The summed E-state index contributed by atoms with van der Waals surface area (Å²) < 4.78 is 7.18. The maximum atomic E-state index is 5.98. The first-order valence-electron chi connectivity index (χ1n) is 21.0. The number of benzene rings is 8. The van der Waals surface area contributed by atoms with E-state index in [1.807, 2.05) is 36.0 Å². The summed E-state index contributed by atoms with van der Waals surface area (Å²) in [5.41, 5.74) is 4.38. The van der Waals surface area contributed by atoms with Gasteiger partial charge in [-0.25, -0.2) is 0 Å². The minimum absolute atomic E-state index is 0.129. The fourth-order valence-electron chi connectivity index (χ4n) is 6.78. The summed E-state index contributed by atoms with van der Waals surface area (Å²) in [6.07, 6.45) is 0. The Hall–Kier alpha value is -4.66. The van der Waals surface area contributed by atoms with Crippen LogP contribution in [0.1, 0.15) is 58.2 Å². The monoisotopic (exact) mass is 978 g/mol. The SMILES string of the molecule is Cc1ccc([S+](c2ccc(Sc3ccc(C(C)(C)C)cc3)cc2)c2ccc(C(C)(C)C)cc2)cc1.Ic1ccc(Oc2ccc([S+](c3ccccc3)c3ccccc3)cc2)cc1. The minimum atomic E-state index is -0.135. The third-order valence-corrected chi connectivity index (χ3v) is 16.5. The van der Waals surface area contributed by atoms with Crippen LogP contribution >= 0.6 is 34.4 Å². The Labute approximate surface area is 394 Å². The highest BCUT2D eigenvalue weighted by Crippen LogP contribution is 2.37. The molecule has 0 spiro atoms. The zero-order valence-corrected chi connectivity index (χ0v) is 41.2. The molecule has 8 aromatic carbocycles. The van der Waals surface area contributed by atoms with Crippen LogP contribution < -0.4 is 4.74 Å². The number of hydrogen-bond acceptors (Lipinski definition) is 2. The Morgan fingerprint density at radius 1 is 0.371 bits per heavy atom. The molecule has 312 valence electrons. The summed E-state index contributed by atoms with van der Waals surface area (Å²) in [7, 11) is -0.264. The third kappa shape index (κ3) is 12.3. The number of rotatable bonds is 10. The molecule has 0 N–H and O–H groups in total. The van der Waals surface area contributed by atoms with Gasteiger partial charge in [-0.3, -0.25) is 0 Å². The molecule has 0 fully saturated rings. The molecule has 0 saturated carbocycles. The van der Waals surface area contributed by atoms with Gasteiger partial charge in [-0.05, 0) is 185 Å². The van der Waals surface area contributed by atoms with Crippen molar-refractivity contribution < 1.29 is 4.74 Å². The van der Waals surface area contributed by atoms with Crippen LogP contribution in [0.25, 0.3) is 0 Å². The zero-order chi connectivity index (χ0) is 43.7. The van der Waals surface area contributed by atoms with Gasteiger partial charge in [0.15, 0.2) is 29.4 Å². The lowest BCUT2D eigenvalue weighted by molar-refractivity contribution is 0.482.